The van der Waals surface area contributed by atoms with Crippen molar-refractivity contribution in [3.63, 3.8) is 0 Å². The lowest BCUT2D eigenvalue weighted by Crippen LogP contribution is -2.22. The van der Waals surface area contributed by atoms with E-state index in [0.29, 0.717) is 29.3 Å². The highest BCUT2D eigenvalue weighted by atomic mass is 19.1. The topological polar surface area (TPSA) is 105 Å². The summed E-state index contributed by atoms with van der Waals surface area (Å²) in [6, 6.07) is 7.90. The van der Waals surface area contributed by atoms with Gasteiger partial charge in [-0.3, -0.25) is 15.1 Å². The summed E-state index contributed by atoms with van der Waals surface area (Å²) in [6.07, 6.45) is 0.588. The van der Waals surface area contributed by atoms with E-state index in [2.05, 4.69) is 25.7 Å². The summed E-state index contributed by atoms with van der Waals surface area (Å²) in [4.78, 5) is 30.9. The molecular weight excluding hydrogens is 339 g/mol. The molecular formula is C17H17FN6O2. The molecule has 0 aliphatic heterocycles. The average Bonchev–Trinajstić information content (AvgIpc) is 2.96. The first-order valence-corrected chi connectivity index (χ1v) is 7.95. The molecule has 1 aromatic carbocycles. The largest absolute Gasteiger partial charge is 0.324 e. The van der Waals surface area contributed by atoms with Gasteiger partial charge >= 0.3 is 6.03 Å². The Morgan fingerprint density at radius 1 is 1.23 bits per heavy atom. The normalized spacial score (nSPS) is 10.6. The smallest absolute Gasteiger partial charge is 0.308 e. The number of carbonyl (C=O) groups excluding carboxylic acids is 1. The lowest BCUT2D eigenvalue weighted by molar-refractivity contribution is 0.262. The molecule has 2 aromatic heterocycles. The summed E-state index contributed by atoms with van der Waals surface area (Å²) >= 11 is 0. The summed E-state index contributed by atoms with van der Waals surface area (Å²) in [5.41, 5.74) is 1.37. The summed E-state index contributed by atoms with van der Waals surface area (Å²) < 4.78 is 14.3. The minimum atomic E-state index is -0.535. The Bertz CT molecular complexity index is 993. The van der Waals surface area contributed by atoms with E-state index < -0.39 is 11.8 Å². The van der Waals surface area contributed by atoms with Crippen molar-refractivity contribution in [3.8, 4) is 5.95 Å². The second kappa shape index (κ2) is 7.18. The second-order valence-electron chi connectivity index (χ2n) is 5.58. The molecule has 0 aliphatic rings. The number of amides is 2. The Hall–Kier alpha value is -3.49. The van der Waals surface area contributed by atoms with Gasteiger partial charge in [-0.2, -0.15) is 9.78 Å². The van der Waals surface area contributed by atoms with Gasteiger partial charge in [-0.05, 0) is 37.6 Å². The Kier molecular flexibility index (Phi) is 4.78. The summed E-state index contributed by atoms with van der Waals surface area (Å²) in [7, 11) is 0. The molecule has 0 unspecified atom stereocenters. The third-order valence-electron chi connectivity index (χ3n) is 3.52. The quantitative estimate of drug-likeness (QED) is 0.668. The van der Waals surface area contributed by atoms with E-state index >= 15 is 0 Å². The van der Waals surface area contributed by atoms with Crippen LogP contribution in [0.2, 0.25) is 0 Å². The highest BCUT2D eigenvalue weighted by Gasteiger charge is 2.13. The standard InChI is InChI=1S/C17H17FN6O2/c1-3-12-9-15(25)22-16(19-12)24-14(8-10(2)23-24)21-17(26)20-13-6-4-11(18)5-7-13/h4-9H,3H2,1-2H3,(H,19,22,25)(H2,20,21,26). The Morgan fingerprint density at radius 3 is 2.65 bits per heavy atom. The monoisotopic (exact) mass is 356 g/mol. The number of hydrogen-bond donors (Lipinski definition) is 3. The first-order valence-electron chi connectivity index (χ1n) is 7.95. The van der Waals surface area contributed by atoms with Gasteiger partial charge < -0.3 is 5.32 Å². The van der Waals surface area contributed by atoms with E-state index in [0.717, 1.165) is 0 Å². The minimum Gasteiger partial charge on any atom is -0.308 e. The molecule has 0 aliphatic carbocycles. The molecule has 0 saturated heterocycles. The number of carbonyl (C=O) groups is 1. The lowest BCUT2D eigenvalue weighted by atomic mass is 10.3. The van der Waals surface area contributed by atoms with Crippen LogP contribution in [0.25, 0.3) is 5.95 Å². The number of benzene rings is 1. The van der Waals surface area contributed by atoms with Crippen molar-refractivity contribution in [1.29, 1.82) is 0 Å². The van der Waals surface area contributed by atoms with E-state index in [-0.39, 0.29) is 11.5 Å². The summed E-state index contributed by atoms with van der Waals surface area (Å²) in [6.45, 7) is 3.64. The Morgan fingerprint density at radius 2 is 1.96 bits per heavy atom. The van der Waals surface area contributed by atoms with Crippen LogP contribution in [-0.2, 0) is 6.42 Å². The van der Waals surface area contributed by atoms with Gasteiger partial charge in [0.05, 0.1) is 5.69 Å². The van der Waals surface area contributed by atoms with Gasteiger partial charge in [0.25, 0.3) is 5.56 Å². The molecule has 9 heteroatoms. The molecule has 3 N–H and O–H groups in total. The van der Waals surface area contributed by atoms with E-state index in [1.807, 2.05) is 6.92 Å². The molecule has 3 aromatic rings. The van der Waals surface area contributed by atoms with Crippen LogP contribution >= 0.6 is 0 Å². The maximum Gasteiger partial charge on any atom is 0.324 e. The van der Waals surface area contributed by atoms with E-state index in [4.69, 9.17) is 0 Å². The van der Waals surface area contributed by atoms with Gasteiger partial charge in [-0.1, -0.05) is 6.92 Å². The van der Waals surface area contributed by atoms with Gasteiger partial charge in [0.2, 0.25) is 5.95 Å². The van der Waals surface area contributed by atoms with Crippen LogP contribution in [-0.4, -0.2) is 25.8 Å². The van der Waals surface area contributed by atoms with E-state index in [9.17, 15) is 14.0 Å². The fourth-order valence-electron chi connectivity index (χ4n) is 2.34. The van der Waals surface area contributed by atoms with Crippen LogP contribution in [0.5, 0.6) is 0 Å². The fraction of sp³-hybridized carbons (Fsp3) is 0.176. The Balaban J connectivity index is 1.85. The number of halogens is 1. The maximum absolute atomic E-state index is 12.9. The van der Waals surface area contributed by atoms with Crippen molar-refractivity contribution in [2.75, 3.05) is 10.6 Å². The lowest BCUT2D eigenvalue weighted by Gasteiger charge is -2.10. The predicted octanol–water partition coefficient (Wildman–Crippen LogP) is 2.61. The number of anilines is 2. The van der Waals surface area contributed by atoms with Gasteiger partial charge in [0.1, 0.15) is 11.6 Å². The fourth-order valence-corrected chi connectivity index (χ4v) is 2.34. The molecule has 3 rings (SSSR count). The van der Waals surface area contributed by atoms with Crippen LogP contribution in [0.4, 0.5) is 20.7 Å². The molecule has 0 atom stereocenters. The number of nitrogens with zero attached hydrogens (tertiary/aromatic N) is 3. The van der Waals surface area contributed by atoms with Crippen LogP contribution < -0.4 is 16.2 Å². The zero-order valence-corrected chi connectivity index (χ0v) is 14.2. The number of aromatic amines is 1. The molecule has 2 heterocycles. The van der Waals surface area contributed by atoms with Gasteiger partial charge in [-0.15, -0.1) is 0 Å². The molecule has 0 saturated carbocycles. The first-order chi connectivity index (χ1) is 12.4. The van der Waals surface area contributed by atoms with E-state index in [1.165, 1.54) is 35.0 Å². The number of nitrogens with one attached hydrogen (secondary N) is 3. The van der Waals surface area contributed by atoms with Crippen molar-refractivity contribution in [1.82, 2.24) is 19.7 Å². The van der Waals surface area contributed by atoms with Gasteiger partial charge in [0, 0.05) is 23.5 Å². The van der Waals surface area contributed by atoms with Crippen molar-refractivity contribution >= 4 is 17.5 Å². The maximum atomic E-state index is 12.9. The molecule has 0 bridgehead atoms. The number of H-pyrrole nitrogens is 1. The summed E-state index contributed by atoms with van der Waals surface area (Å²) in [5.74, 6) is 0.147. The summed E-state index contributed by atoms with van der Waals surface area (Å²) in [5, 5.41) is 9.49. The van der Waals surface area contributed by atoms with Crippen molar-refractivity contribution in [2.45, 2.75) is 20.3 Å². The number of urea groups is 1. The number of hydrogen-bond acceptors (Lipinski definition) is 4. The number of aryl methyl sites for hydroxylation is 2. The first kappa shape index (κ1) is 17.3. The van der Waals surface area contributed by atoms with Gasteiger partial charge in [-0.25, -0.2) is 14.2 Å². The number of rotatable bonds is 4. The Labute approximate surface area is 148 Å². The molecule has 134 valence electrons. The van der Waals surface area contributed by atoms with Crippen LogP contribution in [0.1, 0.15) is 18.3 Å². The van der Waals surface area contributed by atoms with Gasteiger partial charge in [0.15, 0.2) is 0 Å². The molecule has 26 heavy (non-hydrogen) atoms. The van der Waals surface area contributed by atoms with Crippen LogP contribution in [0.15, 0.2) is 41.2 Å². The minimum absolute atomic E-state index is 0.208. The number of aromatic nitrogens is 4. The second-order valence-corrected chi connectivity index (χ2v) is 5.58. The highest BCUT2D eigenvalue weighted by Crippen LogP contribution is 2.15. The molecule has 8 nitrogen and oxygen atoms in total. The van der Waals surface area contributed by atoms with Crippen LogP contribution in [0.3, 0.4) is 0 Å². The highest BCUT2D eigenvalue weighted by molar-refractivity contribution is 5.99. The SMILES string of the molecule is CCc1cc(=O)[nH]c(-n2nc(C)cc2NC(=O)Nc2ccc(F)cc2)n1. The zero-order valence-electron chi connectivity index (χ0n) is 14.2. The zero-order chi connectivity index (χ0) is 18.7. The predicted molar refractivity (Wildman–Crippen MR) is 95.1 cm³/mol. The molecule has 2 amide bonds. The van der Waals surface area contributed by atoms with Crippen LogP contribution in [0, 0.1) is 12.7 Å². The molecule has 0 spiro atoms. The van der Waals surface area contributed by atoms with Crippen molar-refractivity contribution < 1.29 is 9.18 Å². The van der Waals surface area contributed by atoms with E-state index in [1.54, 1.807) is 13.0 Å². The van der Waals surface area contributed by atoms with Crippen molar-refractivity contribution in [2.24, 2.45) is 0 Å². The molecule has 0 fully saturated rings. The third-order valence-corrected chi connectivity index (χ3v) is 3.52. The molecule has 0 radical (unpaired) electrons. The third kappa shape index (κ3) is 3.94. The van der Waals surface area contributed by atoms with Crippen molar-refractivity contribution in [3.05, 3.63) is 64.0 Å². The average molecular weight is 356 g/mol.